The highest BCUT2D eigenvalue weighted by Gasteiger charge is 2.23. The second kappa shape index (κ2) is 6.35. The number of rotatable bonds is 4. The third kappa shape index (κ3) is 3.13. The van der Waals surface area contributed by atoms with Crippen LogP contribution in [-0.2, 0) is 4.79 Å². The maximum absolute atomic E-state index is 12.0. The lowest BCUT2D eigenvalue weighted by Crippen LogP contribution is -2.40. The number of nitrogens with one attached hydrogen (secondary N) is 1. The number of likely N-dealkylation sites (N-methyl/N-ethyl adjacent to an activating group) is 1. The van der Waals surface area contributed by atoms with Crippen LogP contribution in [0.4, 0.5) is 0 Å². The lowest BCUT2D eigenvalue weighted by Gasteiger charge is -2.31. The minimum Gasteiger partial charge on any atom is -0.486 e. The summed E-state index contributed by atoms with van der Waals surface area (Å²) in [4.78, 5) is 13.9. The first-order valence-electron chi connectivity index (χ1n) is 7.62. The average Bonchev–Trinajstić information content (AvgIpc) is 2.54. The van der Waals surface area contributed by atoms with Crippen molar-refractivity contribution in [2.45, 2.75) is 25.3 Å². The maximum atomic E-state index is 12.0. The third-order valence-corrected chi connectivity index (χ3v) is 4.14. The Kier molecular flexibility index (Phi) is 4.29. The largest absolute Gasteiger partial charge is 0.486 e. The van der Waals surface area contributed by atoms with E-state index in [0.29, 0.717) is 26.2 Å². The molecule has 1 fully saturated rings. The van der Waals surface area contributed by atoms with E-state index in [0.717, 1.165) is 36.4 Å². The van der Waals surface area contributed by atoms with E-state index in [9.17, 15) is 4.79 Å². The molecule has 0 spiro atoms. The van der Waals surface area contributed by atoms with Crippen molar-refractivity contribution in [2.75, 3.05) is 33.4 Å². The summed E-state index contributed by atoms with van der Waals surface area (Å²) in [6.45, 7) is 2.76. The number of piperidine rings is 1. The van der Waals surface area contributed by atoms with E-state index < -0.39 is 0 Å². The Bertz CT molecular complexity index is 518. The highest BCUT2D eigenvalue weighted by Crippen LogP contribution is 2.33. The summed E-state index contributed by atoms with van der Waals surface area (Å²) < 4.78 is 11.2. The molecule has 2 heterocycles. The van der Waals surface area contributed by atoms with Gasteiger partial charge in [-0.1, -0.05) is 6.07 Å². The highest BCUT2D eigenvalue weighted by atomic mass is 16.6. The molecule has 1 aromatic rings. The van der Waals surface area contributed by atoms with Gasteiger partial charge in [0.15, 0.2) is 11.5 Å². The van der Waals surface area contributed by atoms with E-state index in [4.69, 9.17) is 9.47 Å². The predicted molar refractivity (Wildman–Crippen MR) is 79.7 cm³/mol. The van der Waals surface area contributed by atoms with Gasteiger partial charge < -0.3 is 19.7 Å². The molecule has 0 aliphatic carbocycles. The summed E-state index contributed by atoms with van der Waals surface area (Å²) in [6.07, 6.45) is 2.80. The first kappa shape index (κ1) is 14.2. The minimum absolute atomic E-state index is 0.114. The van der Waals surface area contributed by atoms with E-state index in [-0.39, 0.29) is 11.9 Å². The number of amides is 1. The van der Waals surface area contributed by atoms with E-state index in [2.05, 4.69) is 5.32 Å². The number of nitrogens with zero attached hydrogens (tertiary/aromatic N) is 1. The van der Waals surface area contributed by atoms with Gasteiger partial charge >= 0.3 is 0 Å². The average molecular weight is 290 g/mol. The molecule has 5 nitrogen and oxygen atoms in total. The topological polar surface area (TPSA) is 50.8 Å². The molecule has 114 valence electrons. The molecular weight excluding hydrogens is 268 g/mol. The second-order valence-electron chi connectivity index (χ2n) is 5.54. The van der Waals surface area contributed by atoms with Gasteiger partial charge in [-0.15, -0.1) is 0 Å². The molecule has 0 radical (unpaired) electrons. The van der Waals surface area contributed by atoms with Crippen molar-refractivity contribution in [1.82, 2.24) is 10.2 Å². The Morgan fingerprint density at radius 1 is 1.24 bits per heavy atom. The van der Waals surface area contributed by atoms with Crippen LogP contribution in [0.3, 0.4) is 0 Å². The van der Waals surface area contributed by atoms with E-state index in [1.165, 1.54) is 0 Å². The van der Waals surface area contributed by atoms with Crippen LogP contribution in [0.2, 0.25) is 0 Å². The molecule has 1 atom stereocenters. The number of benzene rings is 1. The van der Waals surface area contributed by atoms with Crippen LogP contribution in [0.5, 0.6) is 11.5 Å². The molecule has 1 N–H and O–H groups in total. The fourth-order valence-corrected chi connectivity index (χ4v) is 2.92. The number of carbonyl (C=O) groups excluding carboxylic acids is 1. The molecule has 3 rings (SSSR count). The monoisotopic (exact) mass is 290 g/mol. The van der Waals surface area contributed by atoms with Crippen LogP contribution >= 0.6 is 0 Å². The molecule has 2 aliphatic heterocycles. The van der Waals surface area contributed by atoms with Crippen molar-refractivity contribution >= 4 is 5.91 Å². The van der Waals surface area contributed by atoms with Gasteiger partial charge in [-0.2, -0.15) is 0 Å². The van der Waals surface area contributed by atoms with Crippen LogP contribution in [-0.4, -0.2) is 44.2 Å². The predicted octanol–water partition coefficient (Wildman–Crippen LogP) is 1.73. The van der Waals surface area contributed by atoms with Crippen LogP contribution in [0.1, 0.15) is 30.9 Å². The van der Waals surface area contributed by atoms with Gasteiger partial charge in [-0.05, 0) is 37.6 Å². The van der Waals surface area contributed by atoms with Gasteiger partial charge in [0.1, 0.15) is 13.2 Å². The van der Waals surface area contributed by atoms with Gasteiger partial charge in [-0.3, -0.25) is 4.79 Å². The zero-order chi connectivity index (χ0) is 14.7. The summed E-state index contributed by atoms with van der Waals surface area (Å²) in [5.74, 6) is 1.86. The fourth-order valence-electron chi connectivity index (χ4n) is 2.92. The third-order valence-electron chi connectivity index (χ3n) is 4.14. The summed E-state index contributed by atoms with van der Waals surface area (Å²) in [5, 5.41) is 3.30. The summed E-state index contributed by atoms with van der Waals surface area (Å²) in [7, 11) is 1.93. The number of ether oxygens (including phenoxy) is 2. The molecule has 5 heteroatoms. The van der Waals surface area contributed by atoms with Crippen LogP contribution in [0, 0.1) is 0 Å². The van der Waals surface area contributed by atoms with Crippen LogP contribution in [0.15, 0.2) is 18.2 Å². The van der Waals surface area contributed by atoms with Crippen LogP contribution < -0.4 is 14.8 Å². The molecule has 2 aliphatic rings. The number of carbonyl (C=O) groups is 1. The summed E-state index contributed by atoms with van der Waals surface area (Å²) in [6, 6.07) is 6.13. The number of hydrogen-bond acceptors (Lipinski definition) is 4. The zero-order valence-corrected chi connectivity index (χ0v) is 12.4. The number of fused-ring (bicyclic) bond motifs is 1. The zero-order valence-electron chi connectivity index (χ0n) is 12.4. The highest BCUT2D eigenvalue weighted by molar-refractivity contribution is 5.76. The lowest BCUT2D eigenvalue weighted by atomic mass is 10.0. The number of likely N-dealkylation sites (tertiary alicyclic amines) is 1. The van der Waals surface area contributed by atoms with Gasteiger partial charge in [0.2, 0.25) is 5.91 Å². The minimum atomic E-state index is 0.114. The van der Waals surface area contributed by atoms with Crippen molar-refractivity contribution in [3.05, 3.63) is 23.8 Å². The molecule has 0 saturated carbocycles. The second-order valence-corrected chi connectivity index (χ2v) is 5.54. The molecule has 1 saturated heterocycles. The van der Waals surface area contributed by atoms with Gasteiger partial charge in [0, 0.05) is 25.6 Å². The standard InChI is InChI=1S/C16H22N2O3/c1-17-13(11-18-7-3-2-4-16(18)19)12-5-6-14-15(10-12)21-9-8-20-14/h5-6,10,13,17H,2-4,7-9,11H2,1H3. The normalized spacial score (nSPS) is 19.5. The first-order valence-corrected chi connectivity index (χ1v) is 7.62. The molecule has 1 unspecified atom stereocenters. The van der Waals surface area contributed by atoms with Crippen molar-refractivity contribution in [3.63, 3.8) is 0 Å². The number of hydrogen-bond donors (Lipinski definition) is 1. The fraction of sp³-hybridized carbons (Fsp3) is 0.562. The maximum Gasteiger partial charge on any atom is 0.222 e. The molecule has 1 aromatic carbocycles. The molecule has 0 bridgehead atoms. The van der Waals surface area contributed by atoms with E-state index >= 15 is 0 Å². The molecular formula is C16H22N2O3. The quantitative estimate of drug-likeness (QED) is 0.917. The Hall–Kier alpha value is -1.75. The summed E-state index contributed by atoms with van der Waals surface area (Å²) in [5.41, 5.74) is 1.13. The Morgan fingerprint density at radius 2 is 2.05 bits per heavy atom. The van der Waals surface area contributed by atoms with E-state index in [1.807, 2.05) is 30.1 Å². The Labute approximate surface area is 125 Å². The lowest BCUT2D eigenvalue weighted by molar-refractivity contribution is -0.133. The molecule has 0 aromatic heterocycles. The van der Waals surface area contributed by atoms with Crippen molar-refractivity contribution in [3.8, 4) is 11.5 Å². The smallest absolute Gasteiger partial charge is 0.222 e. The van der Waals surface area contributed by atoms with Crippen LogP contribution in [0.25, 0.3) is 0 Å². The van der Waals surface area contributed by atoms with Crippen molar-refractivity contribution in [2.24, 2.45) is 0 Å². The first-order chi connectivity index (χ1) is 10.3. The van der Waals surface area contributed by atoms with Gasteiger partial charge in [0.25, 0.3) is 0 Å². The van der Waals surface area contributed by atoms with Gasteiger partial charge in [-0.25, -0.2) is 0 Å². The van der Waals surface area contributed by atoms with Gasteiger partial charge in [0.05, 0.1) is 0 Å². The van der Waals surface area contributed by atoms with Crippen molar-refractivity contribution in [1.29, 1.82) is 0 Å². The molecule has 1 amide bonds. The summed E-state index contributed by atoms with van der Waals surface area (Å²) >= 11 is 0. The SMILES string of the molecule is CNC(CN1CCCCC1=O)c1ccc2c(c1)OCCO2. The van der Waals surface area contributed by atoms with E-state index in [1.54, 1.807) is 0 Å². The van der Waals surface area contributed by atoms with Crippen molar-refractivity contribution < 1.29 is 14.3 Å². The Morgan fingerprint density at radius 3 is 2.81 bits per heavy atom. The Balaban J connectivity index is 1.74. The molecule has 21 heavy (non-hydrogen) atoms.